The highest BCUT2D eigenvalue weighted by Crippen LogP contribution is 2.71. The lowest BCUT2D eigenvalue weighted by molar-refractivity contribution is -0.244. The molecular weight excluding hydrogens is 723 g/mol. The lowest BCUT2D eigenvalue weighted by Crippen LogP contribution is -2.56. The standard InChI is InChI=1S/C39H54F3N5O8/c1-36(2,3)31(46-35(54)55-38(6,7)39(40,41)42)29(49)22-18-23-27(37(23,4)5)26(22)32(51)44-24(17-20-15-16-20)30(50)33(52)43-19-25(48)45-28(34(53)47(8)9)21-13-11-10-12-14-21/h10-14,20,22-24,26-28,31H,15-19H2,1-9H3,(H,43,52)(H,44,51)(H,45,48)(H,46,54)/t22?,23-,24?,26-,27-,28-,31+/m0/s1. The van der Waals surface area contributed by atoms with E-state index in [1.807, 2.05) is 13.8 Å². The van der Waals surface area contributed by atoms with E-state index in [1.165, 1.54) is 19.0 Å². The summed E-state index contributed by atoms with van der Waals surface area (Å²) >= 11 is 0. The minimum absolute atomic E-state index is 0.0487. The van der Waals surface area contributed by atoms with Crippen molar-refractivity contribution in [2.45, 2.75) is 104 Å². The number of likely N-dealkylation sites (N-methyl/N-ethyl adjacent to an activating group) is 1. The Morgan fingerprint density at radius 2 is 1.51 bits per heavy atom. The van der Waals surface area contributed by atoms with Crippen LogP contribution < -0.4 is 21.3 Å². The number of halogens is 3. The third-order valence-corrected chi connectivity index (χ3v) is 11.2. The third kappa shape index (κ3) is 10.0. The zero-order chi connectivity index (χ0) is 41.4. The van der Waals surface area contributed by atoms with E-state index in [0.717, 1.165) is 12.8 Å². The summed E-state index contributed by atoms with van der Waals surface area (Å²) in [6, 6.07) is 4.88. The summed E-state index contributed by atoms with van der Waals surface area (Å²) in [6.07, 6.45) is -4.30. The van der Waals surface area contributed by atoms with Gasteiger partial charge in [-0.25, -0.2) is 4.79 Å². The summed E-state index contributed by atoms with van der Waals surface area (Å²) in [4.78, 5) is 94.9. The van der Waals surface area contributed by atoms with Gasteiger partial charge in [-0.1, -0.05) is 77.8 Å². The first-order chi connectivity index (χ1) is 25.3. The number of rotatable bonds is 15. The number of fused-ring (bicyclic) bond motifs is 1. The van der Waals surface area contributed by atoms with Crippen LogP contribution in [0.3, 0.4) is 0 Å². The minimum atomic E-state index is -4.87. The predicted octanol–water partition coefficient (Wildman–Crippen LogP) is 3.86. The second-order valence-corrected chi connectivity index (χ2v) is 17.5. The van der Waals surface area contributed by atoms with Crippen molar-refractivity contribution >= 4 is 41.3 Å². The number of nitrogens with one attached hydrogen (secondary N) is 4. The van der Waals surface area contributed by atoms with Crippen molar-refractivity contribution in [2.24, 2.45) is 40.4 Å². The zero-order valence-corrected chi connectivity index (χ0v) is 32.9. The molecule has 3 saturated carbocycles. The molecule has 13 nitrogen and oxygen atoms in total. The first-order valence-corrected chi connectivity index (χ1v) is 18.6. The maximum Gasteiger partial charge on any atom is 0.427 e. The maximum absolute atomic E-state index is 14.2. The Bertz CT molecular complexity index is 1670. The summed E-state index contributed by atoms with van der Waals surface area (Å²) in [5.74, 6) is -6.54. The Labute approximate surface area is 319 Å². The van der Waals surface area contributed by atoms with Crippen molar-refractivity contribution in [3.8, 4) is 0 Å². The van der Waals surface area contributed by atoms with Crippen LogP contribution in [0.4, 0.5) is 18.0 Å². The van der Waals surface area contributed by atoms with Gasteiger partial charge in [-0.05, 0) is 60.8 Å². The number of ketones is 2. The number of nitrogens with zero attached hydrogens (tertiary/aromatic N) is 1. The second-order valence-electron chi connectivity index (χ2n) is 17.5. The van der Waals surface area contributed by atoms with Crippen molar-refractivity contribution in [3.05, 3.63) is 35.9 Å². The largest absolute Gasteiger partial charge is 0.434 e. The molecule has 5 amide bonds. The number of alkyl carbamates (subject to hydrolysis) is 1. The minimum Gasteiger partial charge on any atom is -0.434 e. The highest BCUT2D eigenvalue weighted by molar-refractivity contribution is 6.38. The summed E-state index contributed by atoms with van der Waals surface area (Å²) in [5.41, 5.74) is -3.63. The predicted molar refractivity (Wildman–Crippen MR) is 194 cm³/mol. The lowest BCUT2D eigenvalue weighted by Gasteiger charge is -2.36. The van der Waals surface area contributed by atoms with Gasteiger partial charge in [0, 0.05) is 20.0 Å². The van der Waals surface area contributed by atoms with Gasteiger partial charge in [0.2, 0.25) is 29.1 Å². The van der Waals surface area contributed by atoms with E-state index in [9.17, 15) is 46.7 Å². The van der Waals surface area contributed by atoms with Gasteiger partial charge in [-0.2, -0.15) is 13.2 Å². The van der Waals surface area contributed by atoms with Crippen molar-refractivity contribution in [2.75, 3.05) is 20.6 Å². The molecule has 0 spiro atoms. The van der Waals surface area contributed by atoms with Crippen molar-refractivity contribution < 1.29 is 51.5 Å². The van der Waals surface area contributed by atoms with Gasteiger partial charge < -0.3 is 30.9 Å². The van der Waals surface area contributed by atoms with Crippen LogP contribution in [0.5, 0.6) is 0 Å². The Morgan fingerprint density at radius 1 is 0.909 bits per heavy atom. The molecule has 4 N–H and O–H groups in total. The number of ether oxygens (including phenoxy) is 1. The number of hydrogen-bond acceptors (Lipinski definition) is 8. The average Bonchev–Trinajstić information content (AvgIpc) is 3.93. The smallest absolute Gasteiger partial charge is 0.427 e. The fraction of sp³-hybridized carbons (Fsp3) is 0.667. The van der Waals surface area contributed by atoms with Crippen molar-refractivity contribution in [1.29, 1.82) is 0 Å². The molecular formula is C39H54F3N5O8. The molecule has 2 unspecified atom stereocenters. The van der Waals surface area contributed by atoms with Crippen LogP contribution >= 0.6 is 0 Å². The molecule has 16 heteroatoms. The van der Waals surface area contributed by atoms with E-state index in [4.69, 9.17) is 4.74 Å². The molecule has 3 aliphatic carbocycles. The molecule has 55 heavy (non-hydrogen) atoms. The van der Waals surface area contributed by atoms with E-state index >= 15 is 0 Å². The summed E-state index contributed by atoms with van der Waals surface area (Å²) < 4.78 is 45.1. The molecule has 1 aromatic rings. The number of amides is 5. The zero-order valence-electron chi connectivity index (χ0n) is 32.9. The van der Waals surface area contributed by atoms with Crippen LogP contribution in [0.25, 0.3) is 0 Å². The Balaban J connectivity index is 1.47. The Morgan fingerprint density at radius 3 is 2.04 bits per heavy atom. The van der Waals surface area contributed by atoms with E-state index in [-0.39, 0.29) is 36.0 Å². The number of hydrogen-bond donors (Lipinski definition) is 4. The first-order valence-electron chi connectivity index (χ1n) is 18.6. The number of carbonyl (C=O) groups excluding carboxylic acids is 7. The monoisotopic (exact) mass is 777 g/mol. The van der Waals surface area contributed by atoms with Crippen LogP contribution in [0, 0.1) is 40.4 Å². The average molecular weight is 778 g/mol. The third-order valence-electron chi connectivity index (χ3n) is 11.2. The molecule has 0 bridgehead atoms. The highest BCUT2D eigenvalue weighted by atomic mass is 19.4. The number of benzene rings is 1. The molecule has 304 valence electrons. The van der Waals surface area contributed by atoms with Gasteiger partial charge in [0.15, 0.2) is 5.78 Å². The molecule has 1 aromatic carbocycles. The molecule has 0 aromatic heterocycles. The summed E-state index contributed by atoms with van der Waals surface area (Å²) in [6.45, 7) is 9.56. The van der Waals surface area contributed by atoms with Crippen molar-refractivity contribution in [3.63, 3.8) is 0 Å². The van der Waals surface area contributed by atoms with E-state index in [1.54, 1.807) is 51.1 Å². The van der Waals surface area contributed by atoms with Gasteiger partial charge in [-0.3, -0.25) is 28.8 Å². The molecule has 3 aliphatic rings. The fourth-order valence-corrected chi connectivity index (χ4v) is 7.62. The van der Waals surface area contributed by atoms with E-state index in [0.29, 0.717) is 19.4 Å². The van der Waals surface area contributed by atoms with Crippen LogP contribution in [0.15, 0.2) is 30.3 Å². The Hall–Kier alpha value is -4.50. The second kappa shape index (κ2) is 15.9. The van der Waals surface area contributed by atoms with Gasteiger partial charge in [0.05, 0.1) is 24.5 Å². The van der Waals surface area contributed by atoms with Gasteiger partial charge in [-0.15, -0.1) is 0 Å². The molecule has 0 saturated heterocycles. The molecule has 4 rings (SSSR count). The fourth-order valence-electron chi connectivity index (χ4n) is 7.62. The van der Waals surface area contributed by atoms with Crippen LogP contribution in [-0.2, 0) is 33.5 Å². The van der Waals surface area contributed by atoms with Gasteiger partial charge in [0.1, 0.15) is 6.04 Å². The molecule has 0 radical (unpaired) electrons. The maximum atomic E-state index is 14.2. The number of alkyl halides is 3. The lowest BCUT2D eigenvalue weighted by atomic mass is 9.74. The van der Waals surface area contributed by atoms with E-state index in [2.05, 4.69) is 21.3 Å². The number of Topliss-reactive ketones (excluding diaryl/α,β-unsaturated/α-hetero) is 2. The quantitative estimate of drug-likeness (QED) is 0.194. The van der Waals surface area contributed by atoms with E-state index < -0.39 is 95.0 Å². The summed E-state index contributed by atoms with van der Waals surface area (Å²) in [7, 11) is 3.07. The van der Waals surface area contributed by atoms with Crippen LogP contribution in [-0.4, -0.2) is 90.7 Å². The SMILES string of the molecule is CN(C)C(=O)[C@@H](NC(=O)CNC(=O)C(=O)C(CC1CC1)NC(=O)[C@H]1C(C(=O)[C@@H](NC(=O)OC(C)(C)C(F)(F)F)C(C)(C)C)C[C@H]2[C@@H]1C2(C)C)c1ccccc1. The molecule has 7 atom stereocenters. The highest BCUT2D eigenvalue weighted by Gasteiger charge is 2.70. The van der Waals surface area contributed by atoms with Gasteiger partial charge in [0.25, 0.3) is 5.91 Å². The summed E-state index contributed by atoms with van der Waals surface area (Å²) in [5, 5.41) is 9.96. The van der Waals surface area contributed by atoms with Crippen molar-refractivity contribution in [1.82, 2.24) is 26.2 Å². The van der Waals surface area contributed by atoms with Crippen LogP contribution in [0.1, 0.15) is 85.8 Å². The number of carbonyl (C=O) groups is 7. The first kappa shape index (κ1) is 43.2. The van der Waals surface area contributed by atoms with Crippen LogP contribution in [0.2, 0.25) is 0 Å². The Kier molecular flexibility index (Phi) is 12.5. The molecule has 0 aliphatic heterocycles. The topological polar surface area (TPSA) is 180 Å². The normalized spacial score (nSPS) is 23.2. The molecule has 3 fully saturated rings. The van der Waals surface area contributed by atoms with Gasteiger partial charge >= 0.3 is 12.3 Å². The molecule has 0 heterocycles.